The summed E-state index contributed by atoms with van der Waals surface area (Å²) in [6.07, 6.45) is 17.5. The first-order valence-corrected chi connectivity index (χ1v) is 18.1. The van der Waals surface area contributed by atoms with Crippen LogP contribution in [-0.2, 0) is 30.5 Å². The molecule has 0 fully saturated rings. The molecule has 1 N–H and O–H groups in total. The molecule has 0 aromatic heterocycles. The van der Waals surface area contributed by atoms with Gasteiger partial charge < -0.3 is 5.11 Å². The topological polar surface area (TPSA) is 37.3 Å². The molecule has 0 aliphatic carbocycles. The van der Waals surface area contributed by atoms with Crippen molar-refractivity contribution in [1.82, 2.24) is 0 Å². The van der Waals surface area contributed by atoms with Crippen LogP contribution in [0.2, 0.25) is 0 Å². The fourth-order valence-corrected chi connectivity index (χ4v) is 6.44. The Labute approximate surface area is 279 Å². The van der Waals surface area contributed by atoms with Crippen LogP contribution in [0.15, 0.2) is 97.1 Å². The van der Waals surface area contributed by atoms with Crippen LogP contribution in [0.25, 0.3) is 22.3 Å². The van der Waals surface area contributed by atoms with Gasteiger partial charge in [-0.05, 0) is 109 Å². The lowest BCUT2D eigenvalue weighted by Crippen LogP contribution is -2.13. The van der Waals surface area contributed by atoms with E-state index in [1.165, 1.54) is 95.9 Å². The Morgan fingerprint density at radius 2 is 0.696 bits per heavy atom. The van der Waals surface area contributed by atoms with Gasteiger partial charge in [0.2, 0.25) is 0 Å². The van der Waals surface area contributed by atoms with Crippen molar-refractivity contribution >= 4 is 5.97 Å². The van der Waals surface area contributed by atoms with Crippen molar-refractivity contribution in [3.8, 4) is 22.3 Å². The molecule has 0 radical (unpaired) electrons. The van der Waals surface area contributed by atoms with Crippen LogP contribution in [0.1, 0.15) is 113 Å². The third-order valence-corrected chi connectivity index (χ3v) is 9.51. The summed E-state index contributed by atoms with van der Waals surface area (Å²) < 4.78 is 0. The van der Waals surface area contributed by atoms with E-state index < -0.39 is 5.97 Å². The van der Waals surface area contributed by atoms with E-state index in [9.17, 15) is 9.90 Å². The van der Waals surface area contributed by atoms with Gasteiger partial charge in [0.1, 0.15) is 0 Å². The van der Waals surface area contributed by atoms with Gasteiger partial charge in [-0.3, -0.25) is 4.79 Å². The van der Waals surface area contributed by atoms with Gasteiger partial charge in [-0.2, -0.15) is 0 Å². The van der Waals surface area contributed by atoms with Gasteiger partial charge in [0, 0.05) is 0 Å². The van der Waals surface area contributed by atoms with Crippen LogP contribution in [0.5, 0.6) is 0 Å². The monoisotopic (exact) mass is 616 g/mol. The average molecular weight is 617 g/mol. The fraction of sp³-hybridized carbons (Fsp3) is 0.432. The van der Waals surface area contributed by atoms with Gasteiger partial charge in [-0.1, -0.05) is 149 Å². The summed E-state index contributed by atoms with van der Waals surface area (Å²) in [4.78, 5) is 11.9. The zero-order valence-corrected chi connectivity index (χ0v) is 28.5. The first-order valence-electron chi connectivity index (χ1n) is 18.1. The summed E-state index contributed by atoms with van der Waals surface area (Å²) in [5.74, 6) is -0.874. The molecule has 0 atom stereocenters. The third-order valence-electron chi connectivity index (χ3n) is 9.51. The molecule has 0 saturated heterocycles. The summed E-state index contributed by atoms with van der Waals surface area (Å²) in [6.45, 7) is 4.50. The number of aliphatic carboxylic acids is 1. The molecule has 244 valence electrons. The van der Waals surface area contributed by atoms with E-state index in [0.717, 1.165) is 51.4 Å². The minimum atomic E-state index is -0.638. The second-order valence-corrected chi connectivity index (χ2v) is 13.2. The second kappa shape index (κ2) is 19.8. The van der Waals surface area contributed by atoms with Crippen LogP contribution >= 0.6 is 0 Å². The minimum absolute atomic E-state index is 0.236. The van der Waals surface area contributed by atoms with Crippen molar-refractivity contribution in [2.24, 2.45) is 5.92 Å². The zero-order chi connectivity index (χ0) is 32.4. The van der Waals surface area contributed by atoms with E-state index in [0.29, 0.717) is 0 Å². The third kappa shape index (κ3) is 11.9. The SMILES string of the molecule is CCCCCc1ccc(-c2ccc(CCCCC(CCCCc3ccc(-c4ccc(CCCCC)cc4)cc3)C(=O)O)cc2)cc1. The highest BCUT2D eigenvalue weighted by molar-refractivity contribution is 5.70. The number of carbonyl (C=O) groups is 1. The predicted molar refractivity (Wildman–Crippen MR) is 196 cm³/mol. The van der Waals surface area contributed by atoms with Gasteiger partial charge in [0.25, 0.3) is 0 Å². The van der Waals surface area contributed by atoms with Crippen molar-refractivity contribution in [3.05, 3.63) is 119 Å². The van der Waals surface area contributed by atoms with Gasteiger partial charge >= 0.3 is 5.97 Å². The van der Waals surface area contributed by atoms with Crippen LogP contribution in [0.4, 0.5) is 0 Å². The smallest absolute Gasteiger partial charge is 0.306 e. The number of carboxylic acid groups (broad SMARTS) is 1. The lowest BCUT2D eigenvalue weighted by Gasteiger charge is -2.12. The Kier molecular flexibility index (Phi) is 15.1. The number of unbranched alkanes of at least 4 members (excludes halogenated alkanes) is 6. The average Bonchev–Trinajstić information content (AvgIpc) is 3.09. The minimum Gasteiger partial charge on any atom is -0.481 e. The van der Waals surface area contributed by atoms with E-state index in [2.05, 4.69) is 111 Å². The van der Waals surface area contributed by atoms with Crippen LogP contribution in [-0.4, -0.2) is 11.1 Å². The molecule has 4 aromatic carbocycles. The summed E-state index contributed by atoms with van der Waals surface area (Å²) in [6, 6.07) is 35.9. The van der Waals surface area contributed by atoms with Crippen molar-refractivity contribution in [3.63, 3.8) is 0 Å². The van der Waals surface area contributed by atoms with Crippen molar-refractivity contribution < 1.29 is 9.90 Å². The molecule has 0 aliphatic heterocycles. The molecule has 0 spiro atoms. The normalized spacial score (nSPS) is 11.3. The lowest BCUT2D eigenvalue weighted by molar-refractivity contribution is -0.142. The molecule has 0 amide bonds. The van der Waals surface area contributed by atoms with E-state index in [1.807, 2.05) is 0 Å². The number of aryl methyl sites for hydroxylation is 4. The molecule has 4 aromatic rings. The standard InChI is InChI=1S/C44H56O2/c1-3-5-7-13-35-19-27-39(28-20-35)41-31-23-37(24-32-41)15-9-11-17-43(44(45)46)18-12-10-16-38-25-33-42(34-26-38)40-29-21-36(22-30-40)14-8-6-4-2/h19-34,43H,3-18H2,1-2H3,(H,45,46). The Bertz CT molecular complexity index is 1290. The largest absolute Gasteiger partial charge is 0.481 e. The Hall–Kier alpha value is -3.65. The van der Waals surface area contributed by atoms with Crippen molar-refractivity contribution in [2.75, 3.05) is 0 Å². The molecule has 0 bridgehead atoms. The highest BCUT2D eigenvalue weighted by Crippen LogP contribution is 2.24. The molecular weight excluding hydrogens is 560 g/mol. The molecular formula is C44H56O2. The molecule has 46 heavy (non-hydrogen) atoms. The van der Waals surface area contributed by atoms with E-state index in [-0.39, 0.29) is 5.92 Å². The van der Waals surface area contributed by atoms with E-state index >= 15 is 0 Å². The van der Waals surface area contributed by atoms with Crippen LogP contribution in [0, 0.1) is 5.92 Å². The predicted octanol–water partition coefficient (Wildman–Crippen LogP) is 12.3. The Morgan fingerprint density at radius 1 is 0.435 bits per heavy atom. The highest BCUT2D eigenvalue weighted by Gasteiger charge is 2.16. The molecule has 0 saturated carbocycles. The fourth-order valence-electron chi connectivity index (χ4n) is 6.44. The first kappa shape index (κ1) is 35.2. The van der Waals surface area contributed by atoms with Gasteiger partial charge in [0.05, 0.1) is 5.92 Å². The Morgan fingerprint density at radius 3 is 0.935 bits per heavy atom. The lowest BCUT2D eigenvalue weighted by atomic mass is 9.93. The van der Waals surface area contributed by atoms with Gasteiger partial charge in [0.15, 0.2) is 0 Å². The molecule has 0 aliphatic rings. The van der Waals surface area contributed by atoms with Gasteiger partial charge in [-0.25, -0.2) is 0 Å². The zero-order valence-electron chi connectivity index (χ0n) is 28.5. The summed E-state index contributed by atoms with van der Waals surface area (Å²) in [5.41, 5.74) is 10.6. The maximum absolute atomic E-state index is 11.9. The van der Waals surface area contributed by atoms with E-state index in [4.69, 9.17) is 0 Å². The molecule has 0 unspecified atom stereocenters. The quantitative estimate of drug-likeness (QED) is 0.0946. The number of benzene rings is 4. The van der Waals surface area contributed by atoms with E-state index in [1.54, 1.807) is 0 Å². The van der Waals surface area contributed by atoms with Crippen molar-refractivity contribution in [2.45, 2.75) is 117 Å². The summed E-state index contributed by atoms with van der Waals surface area (Å²) >= 11 is 0. The van der Waals surface area contributed by atoms with Crippen LogP contribution in [0.3, 0.4) is 0 Å². The van der Waals surface area contributed by atoms with Crippen molar-refractivity contribution in [1.29, 1.82) is 0 Å². The number of carboxylic acids is 1. The van der Waals surface area contributed by atoms with Crippen LogP contribution < -0.4 is 0 Å². The summed E-state index contributed by atoms with van der Waals surface area (Å²) in [5, 5.41) is 9.83. The molecule has 0 heterocycles. The molecule has 4 rings (SSSR count). The maximum atomic E-state index is 11.9. The summed E-state index contributed by atoms with van der Waals surface area (Å²) in [7, 11) is 0. The number of hydrogen-bond donors (Lipinski definition) is 1. The first-order chi connectivity index (χ1) is 22.6. The second-order valence-electron chi connectivity index (χ2n) is 13.2. The maximum Gasteiger partial charge on any atom is 0.306 e. The number of rotatable bonds is 21. The van der Waals surface area contributed by atoms with Gasteiger partial charge in [-0.15, -0.1) is 0 Å². The highest BCUT2D eigenvalue weighted by atomic mass is 16.4. The Balaban J connectivity index is 1.13. The molecule has 2 nitrogen and oxygen atoms in total. The molecule has 2 heteroatoms. The number of hydrogen-bond acceptors (Lipinski definition) is 1.